The van der Waals surface area contributed by atoms with Gasteiger partial charge in [0.2, 0.25) is 0 Å². The van der Waals surface area contributed by atoms with Gasteiger partial charge >= 0.3 is 0 Å². The normalized spacial score (nSPS) is 12.9. The molecular weight excluding hydrogens is 412 g/mol. The number of fused-ring (bicyclic) bond motifs is 2. The van der Waals surface area contributed by atoms with Crippen LogP contribution in [0.1, 0.15) is 27.0 Å². The van der Waals surface area contributed by atoms with Gasteiger partial charge in [0.05, 0.1) is 16.8 Å². The van der Waals surface area contributed by atoms with E-state index in [1.54, 1.807) is 25.6 Å². The number of amides is 1. The van der Waals surface area contributed by atoms with Crippen LogP contribution >= 0.6 is 0 Å². The fourth-order valence-corrected chi connectivity index (χ4v) is 4.35. The van der Waals surface area contributed by atoms with Crippen LogP contribution in [0.2, 0.25) is 0 Å². The number of carbonyl (C=O) groups excluding carboxylic acids is 1. The van der Waals surface area contributed by atoms with E-state index in [-0.39, 0.29) is 5.91 Å². The van der Waals surface area contributed by atoms with Crippen molar-refractivity contribution in [2.75, 3.05) is 25.5 Å². The van der Waals surface area contributed by atoms with Crippen LogP contribution in [-0.4, -0.2) is 41.0 Å². The summed E-state index contributed by atoms with van der Waals surface area (Å²) in [5.41, 5.74) is 7.35. The topological polar surface area (TPSA) is 91.8 Å². The molecule has 0 saturated carbocycles. The standard InChI is InChI=1S/C26H26N6O/c1-27-26(33)22-9-12-30-25-17(3-2-4-21(22)25)8-11-29-24-14-23(31-16-32-24)19-5-6-20-15-28-10-7-18(20)13-19/h2-6,9,12-14,16,28H,7-8,10-11,15H2,1H3,(H,27,33)(H,29,31,32). The molecule has 7 nitrogen and oxygen atoms in total. The predicted octanol–water partition coefficient (Wildman–Crippen LogP) is 3.35. The summed E-state index contributed by atoms with van der Waals surface area (Å²) >= 11 is 0. The van der Waals surface area contributed by atoms with Gasteiger partial charge < -0.3 is 16.0 Å². The van der Waals surface area contributed by atoms with Crippen LogP contribution in [0.3, 0.4) is 0 Å². The Bertz CT molecular complexity index is 1320. The molecule has 0 spiro atoms. The average Bonchev–Trinajstić information content (AvgIpc) is 2.88. The SMILES string of the molecule is CNC(=O)c1ccnc2c(CCNc3cc(-c4ccc5c(c4)CCNC5)ncn3)cccc12. The van der Waals surface area contributed by atoms with Crippen molar-refractivity contribution < 1.29 is 4.79 Å². The van der Waals surface area contributed by atoms with Gasteiger partial charge in [0, 0.05) is 43.4 Å². The first-order chi connectivity index (χ1) is 16.2. The molecule has 3 heterocycles. The van der Waals surface area contributed by atoms with Gasteiger partial charge in [0.25, 0.3) is 5.91 Å². The van der Waals surface area contributed by atoms with Crippen molar-refractivity contribution in [3.63, 3.8) is 0 Å². The zero-order valence-corrected chi connectivity index (χ0v) is 18.6. The van der Waals surface area contributed by atoms with Crippen molar-refractivity contribution in [1.29, 1.82) is 0 Å². The first kappa shape index (κ1) is 21.0. The Balaban J connectivity index is 1.31. The van der Waals surface area contributed by atoms with Crippen LogP contribution in [0, 0.1) is 0 Å². The molecule has 0 saturated heterocycles. The first-order valence-electron chi connectivity index (χ1n) is 11.2. The number of hydrogen-bond donors (Lipinski definition) is 3. The lowest BCUT2D eigenvalue weighted by atomic mass is 9.97. The lowest BCUT2D eigenvalue weighted by Gasteiger charge is -2.17. The number of para-hydroxylation sites is 1. The number of aromatic nitrogens is 3. The van der Waals surface area contributed by atoms with Crippen molar-refractivity contribution in [2.24, 2.45) is 0 Å². The maximum Gasteiger partial charge on any atom is 0.251 e. The highest BCUT2D eigenvalue weighted by atomic mass is 16.1. The van der Waals surface area contributed by atoms with Gasteiger partial charge in [0.1, 0.15) is 12.1 Å². The van der Waals surface area contributed by atoms with Gasteiger partial charge in [-0.25, -0.2) is 9.97 Å². The van der Waals surface area contributed by atoms with Crippen molar-refractivity contribution in [3.8, 4) is 11.3 Å². The molecule has 7 heteroatoms. The van der Waals surface area contributed by atoms with E-state index in [9.17, 15) is 4.79 Å². The van der Waals surface area contributed by atoms with E-state index in [0.29, 0.717) is 12.1 Å². The van der Waals surface area contributed by atoms with Gasteiger partial charge in [-0.05, 0) is 48.2 Å². The van der Waals surface area contributed by atoms with Gasteiger partial charge in [-0.1, -0.05) is 30.3 Å². The Morgan fingerprint density at radius 1 is 1.06 bits per heavy atom. The minimum atomic E-state index is -0.107. The number of anilines is 1. The number of hydrogen-bond acceptors (Lipinski definition) is 6. The monoisotopic (exact) mass is 438 g/mol. The summed E-state index contributed by atoms with van der Waals surface area (Å²) in [5.74, 6) is 0.684. The fraction of sp³-hybridized carbons (Fsp3) is 0.231. The van der Waals surface area contributed by atoms with Crippen LogP contribution < -0.4 is 16.0 Å². The van der Waals surface area contributed by atoms with Crippen molar-refractivity contribution in [2.45, 2.75) is 19.4 Å². The number of rotatable bonds is 6. The Morgan fingerprint density at radius 3 is 2.91 bits per heavy atom. The molecular formula is C26H26N6O. The summed E-state index contributed by atoms with van der Waals surface area (Å²) in [5, 5.41) is 10.4. The summed E-state index contributed by atoms with van der Waals surface area (Å²) in [6.45, 7) is 2.64. The second-order valence-corrected chi connectivity index (χ2v) is 8.13. The largest absolute Gasteiger partial charge is 0.370 e. The number of carbonyl (C=O) groups is 1. The number of nitrogens with one attached hydrogen (secondary N) is 3. The molecule has 33 heavy (non-hydrogen) atoms. The molecule has 2 aromatic heterocycles. The highest BCUT2D eigenvalue weighted by Gasteiger charge is 2.12. The van der Waals surface area contributed by atoms with Gasteiger partial charge in [-0.15, -0.1) is 0 Å². The van der Waals surface area contributed by atoms with Crippen LogP contribution in [0.25, 0.3) is 22.2 Å². The molecule has 1 amide bonds. The Labute approximate surface area is 192 Å². The molecule has 0 unspecified atom stereocenters. The van der Waals surface area contributed by atoms with Gasteiger partial charge in [0.15, 0.2) is 0 Å². The van der Waals surface area contributed by atoms with Crippen molar-refractivity contribution >= 4 is 22.6 Å². The summed E-state index contributed by atoms with van der Waals surface area (Å²) in [6, 6.07) is 16.3. The first-order valence-corrected chi connectivity index (χ1v) is 11.2. The molecule has 0 aliphatic carbocycles. The zero-order valence-electron chi connectivity index (χ0n) is 18.6. The molecule has 1 aliphatic heterocycles. The Morgan fingerprint density at radius 2 is 2.00 bits per heavy atom. The molecule has 2 aromatic carbocycles. The van der Waals surface area contributed by atoms with Crippen molar-refractivity contribution in [3.05, 3.63) is 83.3 Å². The molecule has 0 radical (unpaired) electrons. The minimum Gasteiger partial charge on any atom is -0.370 e. The average molecular weight is 439 g/mol. The smallest absolute Gasteiger partial charge is 0.251 e. The highest BCUT2D eigenvalue weighted by Crippen LogP contribution is 2.24. The maximum atomic E-state index is 12.2. The number of pyridine rings is 1. The summed E-state index contributed by atoms with van der Waals surface area (Å²) in [6.07, 6.45) is 5.09. The van der Waals surface area contributed by atoms with Crippen LogP contribution in [0.4, 0.5) is 5.82 Å². The van der Waals surface area contributed by atoms with E-state index in [4.69, 9.17) is 0 Å². The van der Waals surface area contributed by atoms with Crippen molar-refractivity contribution in [1.82, 2.24) is 25.6 Å². The van der Waals surface area contributed by atoms with Crippen LogP contribution in [0.5, 0.6) is 0 Å². The summed E-state index contributed by atoms with van der Waals surface area (Å²) in [7, 11) is 1.64. The van der Waals surface area contributed by atoms with E-state index in [2.05, 4.69) is 55.2 Å². The Hall–Kier alpha value is -3.84. The number of benzene rings is 2. The van der Waals surface area contributed by atoms with E-state index in [0.717, 1.165) is 59.5 Å². The predicted molar refractivity (Wildman–Crippen MR) is 130 cm³/mol. The fourth-order valence-electron chi connectivity index (χ4n) is 4.35. The van der Waals surface area contributed by atoms with Crippen LogP contribution in [0.15, 0.2) is 61.1 Å². The van der Waals surface area contributed by atoms with E-state index in [1.165, 1.54) is 11.1 Å². The van der Waals surface area contributed by atoms with Crippen LogP contribution in [-0.2, 0) is 19.4 Å². The summed E-state index contributed by atoms with van der Waals surface area (Å²) in [4.78, 5) is 25.6. The molecule has 1 aliphatic rings. The van der Waals surface area contributed by atoms with Gasteiger partial charge in [-0.3, -0.25) is 9.78 Å². The lowest BCUT2D eigenvalue weighted by molar-refractivity contribution is 0.0964. The highest BCUT2D eigenvalue weighted by molar-refractivity contribution is 6.06. The third-order valence-electron chi connectivity index (χ3n) is 6.08. The van der Waals surface area contributed by atoms with E-state index in [1.807, 2.05) is 18.2 Å². The molecule has 3 N–H and O–H groups in total. The number of nitrogens with zero attached hydrogens (tertiary/aromatic N) is 3. The third-order valence-corrected chi connectivity index (χ3v) is 6.08. The molecule has 0 bridgehead atoms. The quantitative estimate of drug-likeness (QED) is 0.428. The second-order valence-electron chi connectivity index (χ2n) is 8.13. The second kappa shape index (κ2) is 9.34. The van der Waals surface area contributed by atoms with Gasteiger partial charge in [-0.2, -0.15) is 0 Å². The van der Waals surface area contributed by atoms with E-state index >= 15 is 0 Å². The summed E-state index contributed by atoms with van der Waals surface area (Å²) < 4.78 is 0. The zero-order chi connectivity index (χ0) is 22.6. The molecule has 4 aromatic rings. The Kier molecular flexibility index (Phi) is 5.95. The lowest BCUT2D eigenvalue weighted by Crippen LogP contribution is -2.23. The molecule has 5 rings (SSSR count). The molecule has 0 atom stereocenters. The van der Waals surface area contributed by atoms with E-state index < -0.39 is 0 Å². The minimum absolute atomic E-state index is 0.107. The molecule has 0 fully saturated rings. The molecule has 166 valence electrons. The third kappa shape index (κ3) is 4.40. The maximum absolute atomic E-state index is 12.2.